The summed E-state index contributed by atoms with van der Waals surface area (Å²) in [4.78, 5) is 23.6. The molecule has 1 aliphatic heterocycles. The molecule has 2 aromatic rings. The van der Waals surface area contributed by atoms with E-state index in [-0.39, 0.29) is 23.0 Å². The molecule has 0 bridgehead atoms. The largest absolute Gasteiger partial charge is 0.324 e. The van der Waals surface area contributed by atoms with E-state index >= 15 is 0 Å². The van der Waals surface area contributed by atoms with Crippen LogP contribution in [0.4, 0.5) is 11.4 Å². The van der Waals surface area contributed by atoms with Gasteiger partial charge in [-0.05, 0) is 85.8 Å². The minimum atomic E-state index is -3.94. The van der Waals surface area contributed by atoms with E-state index in [4.69, 9.17) is 0 Å². The van der Waals surface area contributed by atoms with Gasteiger partial charge in [-0.25, -0.2) is 8.42 Å². The van der Waals surface area contributed by atoms with Gasteiger partial charge < -0.3 is 5.32 Å². The van der Waals surface area contributed by atoms with Crippen LogP contribution in [-0.2, 0) is 40.5 Å². The molecule has 0 saturated carbocycles. The van der Waals surface area contributed by atoms with Gasteiger partial charge in [-0.2, -0.15) is 4.31 Å². The minimum absolute atomic E-state index is 0.0377. The van der Waals surface area contributed by atoms with Crippen molar-refractivity contribution in [3.8, 4) is 0 Å². The zero-order valence-electron chi connectivity index (χ0n) is 17.7. The van der Waals surface area contributed by atoms with Crippen molar-refractivity contribution in [2.75, 3.05) is 11.9 Å². The fourth-order valence-corrected chi connectivity index (χ4v) is 7.00. The van der Waals surface area contributed by atoms with Crippen molar-refractivity contribution in [2.24, 2.45) is 0 Å². The molecule has 9 heteroatoms. The summed E-state index contributed by atoms with van der Waals surface area (Å²) in [5.74, 6) is -0.289. The topological polar surface area (TPSA) is 110 Å². The number of rotatable bonds is 5. The third-order valence-corrected chi connectivity index (χ3v) is 8.80. The fraction of sp³-hybridized carbons (Fsp3) is 0.435. The summed E-state index contributed by atoms with van der Waals surface area (Å²) in [6.45, 7) is 0.252. The number of aryl methyl sites for hydroxylation is 2. The number of nitrogens with zero attached hydrogens (tertiary/aromatic N) is 2. The van der Waals surface area contributed by atoms with E-state index in [0.29, 0.717) is 12.8 Å². The number of nitro benzene ring substituents is 1. The maximum Gasteiger partial charge on any atom is 0.269 e. The molecule has 0 radical (unpaired) electrons. The Morgan fingerprint density at radius 3 is 2.22 bits per heavy atom. The number of carbonyl (C=O) groups is 1. The van der Waals surface area contributed by atoms with Crippen LogP contribution in [-0.4, -0.2) is 36.1 Å². The normalized spacial score (nSPS) is 20.2. The van der Waals surface area contributed by atoms with Crippen LogP contribution in [0.5, 0.6) is 0 Å². The number of hydrogen-bond donors (Lipinski definition) is 1. The first-order valence-corrected chi connectivity index (χ1v) is 12.5. The van der Waals surface area contributed by atoms with Crippen LogP contribution in [0.15, 0.2) is 35.2 Å². The lowest BCUT2D eigenvalue weighted by Crippen LogP contribution is -2.43. The van der Waals surface area contributed by atoms with Crippen molar-refractivity contribution in [2.45, 2.75) is 62.3 Å². The van der Waals surface area contributed by atoms with Crippen LogP contribution in [0.25, 0.3) is 0 Å². The number of hydrogen-bond acceptors (Lipinski definition) is 5. The Morgan fingerprint density at radius 1 is 1.00 bits per heavy atom. The number of fused-ring (bicyclic) bond motifs is 2. The predicted octanol–water partition coefficient (Wildman–Crippen LogP) is 3.36. The number of nitro groups is 1. The highest BCUT2D eigenvalue weighted by Crippen LogP contribution is 2.39. The monoisotopic (exact) mass is 455 g/mol. The quantitative estimate of drug-likeness (QED) is 0.549. The van der Waals surface area contributed by atoms with Gasteiger partial charge in [0.05, 0.1) is 9.82 Å². The number of benzene rings is 2. The molecule has 0 aromatic heterocycles. The number of nitrogens with one attached hydrogen (secondary N) is 1. The van der Waals surface area contributed by atoms with Gasteiger partial charge in [0.25, 0.3) is 5.69 Å². The molecule has 5 rings (SSSR count). The van der Waals surface area contributed by atoms with Gasteiger partial charge in [-0.1, -0.05) is 6.07 Å². The van der Waals surface area contributed by atoms with Gasteiger partial charge in [0, 0.05) is 24.4 Å². The van der Waals surface area contributed by atoms with Crippen LogP contribution in [0.2, 0.25) is 0 Å². The van der Waals surface area contributed by atoms with Gasteiger partial charge in [0.1, 0.15) is 6.04 Å². The van der Waals surface area contributed by atoms with Gasteiger partial charge >= 0.3 is 0 Å². The molecule has 3 aliphatic rings. The zero-order chi connectivity index (χ0) is 22.5. The third-order valence-electron chi connectivity index (χ3n) is 6.88. The number of sulfonamides is 1. The molecule has 0 spiro atoms. The summed E-state index contributed by atoms with van der Waals surface area (Å²) in [6, 6.07) is 6.32. The maximum absolute atomic E-state index is 13.3. The Morgan fingerprint density at radius 2 is 1.62 bits per heavy atom. The number of non-ortho nitro benzene ring substituents is 1. The van der Waals surface area contributed by atoms with Crippen LogP contribution in [0, 0.1) is 10.1 Å². The first kappa shape index (κ1) is 21.1. The van der Waals surface area contributed by atoms with E-state index in [1.165, 1.54) is 50.8 Å². The van der Waals surface area contributed by atoms with E-state index in [0.717, 1.165) is 44.2 Å². The molecule has 1 heterocycles. The second-order valence-corrected chi connectivity index (χ2v) is 10.6. The Balaban J connectivity index is 1.42. The average molecular weight is 456 g/mol. The van der Waals surface area contributed by atoms with Crippen LogP contribution < -0.4 is 5.32 Å². The van der Waals surface area contributed by atoms with Crippen LogP contribution in [0.1, 0.15) is 47.9 Å². The fourth-order valence-electron chi connectivity index (χ4n) is 5.34. The third kappa shape index (κ3) is 3.49. The van der Waals surface area contributed by atoms with Crippen molar-refractivity contribution in [1.82, 2.24) is 4.31 Å². The summed E-state index contributed by atoms with van der Waals surface area (Å²) in [5, 5.41) is 14.0. The Labute approximate surface area is 186 Å². The molecule has 8 nitrogen and oxygen atoms in total. The second kappa shape index (κ2) is 7.97. The van der Waals surface area contributed by atoms with Gasteiger partial charge in [-0.15, -0.1) is 0 Å². The molecular weight excluding hydrogens is 430 g/mol. The Kier molecular flexibility index (Phi) is 5.25. The molecule has 1 fully saturated rings. The molecule has 1 atom stereocenters. The molecule has 1 unspecified atom stereocenters. The SMILES string of the molecule is O=C(Nc1c2c(cc3c1CCC3)CCC2)C1CCCN1S(=O)(=O)c1ccc([N+](=O)[O-])cc1. The maximum atomic E-state index is 13.3. The standard InChI is InChI=1S/C23H25N3O5S/c27-23(24-22-19-6-1-4-15(19)14-16-5-2-7-20(16)22)21-8-3-13-25(21)32(30,31)18-11-9-17(10-12-18)26(28)29/h9-12,14,21H,1-8,13H2,(H,24,27). The summed E-state index contributed by atoms with van der Waals surface area (Å²) in [5.41, 5.74) is 5.78. The van der Waals surface area contributed by atoms with E-state index in [1.807, 2.05) is 0 Å². The lowest BCUT2D eigenvalue weighted by atomic mass is 9.98. The molecule has 2 aliphatic carbocycles. The number of anilines is 1. The Bertz CT molecular complexity index is 1170. The minimum Gasteiger partial charge on any atom is -0.324 e. The molecular formula is C23H25N3O5S. The van der Waals surface area contributed by atoms with Crippen LogP contribution in [0.3, 0.4) is 0 Å². The number of amides is 1. The van der Waals surface area contributed by atoms with Crippen molar-refractivity contribution in [1.29, 1.82) is 0 Å². The highest BCUT2D eigenvalue weighted by molar-refractivity contribution is 7.89. The van der Waals surface area contributed by atoms with E-state index in [9.17, 15) is 23.3 Å². The van der Waals surface area contributed by atoms with E-state index < -0.39 is 21.0 Å². The van der Waals surface area contributed by atoms with Gasteiger partial charge in [0.2, 0.25) is 15.9 Å². The first-order valence-electron chi connectivity index (χ1n) is 11.1. The molecule has 1 saturated heterocycles. The highest BCUT2D eigenvalue weighted by Gasteiger charge is 2.40. The Hall–Kier alpha value is -2.78. The second-order valence-electron chi connectivity index (χ2n) is 8.75. The lowest BCUT2D eigenvalue weighted by Gasteiger charge is -2.25. The van der Waals surface area contributed by atoms with Crippen molar-refractivity contribution >= 4 is 27.3 Å². The van der Waals surface area contributed by atoms with Crippen molar-refractivity contribution < 1.29 is 18.1 Å². The summed E-state index contributed by atoms with van der Waals surface area (Å²) in [7, 11) is -3.94. The molecule has 1 amide bonds. The highest BCUT2D eigenvalue weighted by atomic mass is 32.2. The van der Waals surface area contributed by atoms with E-state index in [2.05, 4.69) is 11.4 Å². The van der Waals surface area contributed by atoms with Gasteiger partial charge in [-0.3, -0.25) is 14.9 Å². The molecule has 1 N–H and O–H groups in total. The number of carbonyl (C=O) groups excluding carboxylic acids is 1. The lowest BCUT2D eigenvalue weighted by molar-refractivity contribution is -0.384. The first-order chi connectivity index (χ1) is 15.4. The summed E-state index contributed by atoms with van der Waals surface area (Å²) in [6.07, 6.45) is 7.12. The van der Waals surface area contributed by atoms with Crippen molar-refractivity contribution in [3.05, 3.63) is 62.7 Å². The van der Waals surface area contributed by atoms with Gasteiger partial charge in [0.15, 0.2) is 0 Å². The zero-order valence-corrected chi connectivity index (χ0v) is 18.5. The van der Waals surface area contributed by atoms with Crippen molar-refractivity contribution in [3.63, 3.8) is 0 Å². The molecule has 2 aromatic carbocycles. The predicted molar refractivity (Wildman–Crippen MR) is 119 cm³/mol. The summed E-state index contributed by atoms with van der Waals surface area (Å²) < 4.78 is 27.7. The average Bonchev–Trinajstić information content (AvgIpc) is 3.53. The van der Waals surface area contributed by atoms with E-state index in [1.54, 1.807) is 0 Å². The smallest absolute Gasteiger partial charge is 0.269 e. The molecule has 168 valence electrons. The molecule has 32 heavy (non-hydrogen) atoms. The van der Waals surface area contributed by atoms with Crippen LogP contribution >= 0.6 is 0 Å². The summed E-state index contributed by atoms with van der Waals surface area (Å²) >= 11 is 0.